The van der Waals surface area contributed by atoms with Gasteiger partial charge in [0, 0.05) is 5.56 Å². The van der Waals surface area contributed by atoms with Crippen LogP contribution < -0.4 is 0 Å². The molecule has 0 amide bonds. The lowest BCUT2D eigenvalue weighted by Gasteiger charge is -2.28. The first-order valence-corrected chi connectivity index (χ1v) is 6.02. The van der Waals surface area contributed by atoms with Gasteiger partial charge in [-0.3, -0.25) is 0 Å². The van der Waals surface area contributed by atoms with E-state index in [0.29, 0.717) is 22.7 Å². The van der Waals surface area contributed by atoms with E-state index < -0.39 is 11.7 Å². The van der Waals surface area contributed by atoms with E-state index in [0.717, 1.165) is 12.8 Å². The number of hydrogen-bond acceptors (Lipinski definition) is 3. The Hall–Kier alpha value is -0.0900. The highest BCUT2D eigenvalue weighted by Gasteiger charge is 2.40. The highest BCUT2D eigenvalue weighted by Crippen LogP contribution is 2.42. The Morgan fingerprint density at radius 1 is 1.43 bits per heavy atom. The molecule has 2 N–H and O–H groups in total. The van der Waals surface area contributed by atoms with Crippen LogP contribution in [0.2, 0.25) is 4.34 Å². The molecule has 1 aromatic rings. The van der Waals surface area contributed by atoms with Crippen LogP contribution in [-0.2, 0) is 0 Å². The summed E-state index contributed by atoms with van der Waals surface area (Å²) in [5.41, 5.74) is -0.286. The maximum absolute atomic E-state index is 10.2. The Balaban J connectivity index is 2.23. The molecule has 1 saturated carbocycles. The van der Waals surface area contributed by atoms with Crippen molar-refractivity contribution in [3.05, 3.63) is 21.3 Å². The van der Waals surface area contributed by atoms with Gasteiger partial charge in [0.25, 0.3) is 0 Å². The lowest BCUT2D eigenvalue weighted by Crippen LogP contribution is -2.32. The number of halogens is 1. The van der Waals surface area contributed by atoms with Gasteiger partial charge in [0.15, 0.2) is 0 Å². The van der Waals surface area contributed by atoms with Gasteiger partial charge in [-0.05, 0) is 24.3 Å². The SMILES string of the molecule is OC(c1ccsc1Cl)C1(O)CCCC1. The highest BCUT2D eigenvalue weighted by molar-refractivity contribution is 7.14. The van der Waals surface area contributed by atoms with Crippen molar-refractivity contribution in [1.29, 1.82) is 0 Å². The molecule has 0 saturated heterocycles. The van der Waals surface area contributed by atoms with Gasteiger partial charge >= 0.3 is 0 Å². The number of hydrogen-bond donors (Lipinski definition) is 2. The number of aliphatic hydroxyl groups is 2. The van der Waals surface area contributed by atoms with Crippen LogP contribution >= 0.6 is 22.9 Å². The fourth-order valence-electron chi connectivity index (χ4n) is 2.05. The molecule has 0 bridgehead atoms. The molecule has 1 aromatic heterocycles. The zero-order valence-electron chi connectivity index (χ0n) is 7.74. The monoisotopic (exact) mass is 232 g/mol. The topological polar surface area (TPSA) is 40.5 Å². The molecule has 0 aliphatic heterocycles. The van der Waals surface area contributed by atoms with Gasteiger partial charge in [0.05, 0.1) is 9.94 Å². The summed E-state index contributed by atoms with van der Waals surface area (Å²) in [5.74, 6) is 0. The van der Waals surface area contributed by atoms with Gasteiger partial charge in [-0.15, -0.1) is 11.3 Å². The third kappa shape index (κ3) is 1.70. The van der Waals surface area contributed by atoms with Crippen LogP contribution in [0, 0.1) is 0 Å². The number of rotatable bonds is 2. The Kier molecular flexibility index (Phi) is 2.84. The quantitative estimate of drug-likeness (QED) is 0.823. The predicted molar refractivity (Wildman–Crippen MR) is 57.7 cm³/mol. The molecule has 0 spiro atoms. The Morgan fingerprint density at radius 2 is 2.07 bits per heavy atom. The van der Waals surface area contributed by atoms with Gasteiger partial charge in [0.1, 0.15) is 6.10 Å². The second-order valence-corrected chi connectivity index (χ2v) is 5.38. The smallest absolute Gasteiger partial charge is 0.110 e. The second kappa shape index (κ2) is 3.81. The van der Waals surface area contributed by atoms with Gasteiger partial charge < -0.3 is 10.2 Å². The molecule has 1 aliphatic rings. The Labute approximate surface area is 92.1 Å². The first kappa shape index (κ1) is 10.4. The lowest BCUT2D eigenvalue weighted by atomic mass is 9.91. The van der Waals surface area contributed by atoms with Crippen molar-refractivity contribution in [2.24, 2.45) is 0 Å². The van der Waals surface area contributed by atoms with E-state index in [4.69, 9.17) is 11.6 Å². The van der Waals surface area contributed by atoms with Crippen LogP contribution in [0.5, 0.6) is 0 Å². The maximum Gasteiger partial charge on any atom is 0.110 e. The van der Waals surface area contributed by atoms with Crippen molar-refractivity contribution in [1.82, 2.24) is 0 Å². The minimum atomic E-state index is -0.954. The summed E-state index contributed by atoms with van der Waals surface area (Å²) in [7, 11) is 0. The van der Waals surface area contributed by atoms with Gasteiger partial charge in [0.2, 0.25) is 0 Å². The normalized spacial score (nSPS) is 22.5. The van der Waals surface area contributed by atoms with Crippen molar-refractivity contribution in [3.63, 3.8) is 0 Å². The summed E-state index contributed by atoms with van der Waals surface area (Å²) in [6.45, 7) is 0. The van der Waals surface area contributed by atoms with E-state index in [-0.39, 0.29) is 0 Å². The lowest BCUT2D eigenvalue weighted by molar-refractivity contribution is -0.0716. The third-order valence-corrected chi connectivity index (χ3v) is 4.12. The molecule has 78 valence electrons. The third-order valence-electron chi connectivity index (χ3n) is 2.92. The van der Waals surface area contributed by atoms with E-state index in [2.05, 4.69) is 0 Å². The first-order valence-electron chi connectivity index (χ1n) is 4.77. The molecule has 14 heavy (non-hydrogen) atoms. The molecule has 1 atom stereocenters. The van der Waals surface area contributed by atoms with Crippen LogP contribution in [0.15, 0.2) is 11.4 Å². The van der Waals surface area contributed by atoms with E-state index in [9.17, 15) is 10.2 Å². The molecule has 0 aromatic carbocycles. The van der Waals surface area contributed by atoms with Crippen LogP contribution in [0.25, 0.3) is 0 Å². The van der Waals surface area contributed by atoms with E-state index in [1.54, 1.807) is 6.07 Å². The molecule has 4 heteroatoms. The van der Waals surface area contributed by atoms with Crippen molar-refractivity contribution in [3.8, 4) is 0 Å². The molecule has 1 fully saturated rings. The molecular formula is C10H13ClO2S. The van der Waals surface area contributed by atoms with Crippen LogP contribution in [0.1, 0.15) is 37.4 Å². The maximum atomic E-state index is 10.2. The fraction of sp³-hybridized carbons (Fsp3) is 0.600. The van der Waals surface area contributed by atoms with E-state index in [1.165, 1.54) is 11.3 Å². The summed E-state index contributed by atoms with van der Waals surface area (Å²) in [4.78, 5) is 0. The van der Waals surface area contributed by atoms with Crippen molar-refractivity contribution < 1.29 is 10.2 Å². The average molecular weight is 233 g/mol. The Bertz CT molecular complexity index is 318. The van der Waals surface area contributed by atoms with E-state index >= 15 is 0 Å². The predicted octanol–water partition coefficient (Wildman–Crippen LogP) is 2.74. The fourth-order valence-corrected chi connectivity index (χ4v) is 3.02. The molecule has 1 aliphatic carbocycles. The molecule has 0 radical (unpaired) electrons. The van der Waals surface area contributed by atoms with Crippen LogP contribution in [0.3, 0.4) is 0 Å². The average Bonchev–Trinajstić information content (AvgIpc) is 2.74. The summed E-state index contributed by atoms with van der Waals surface area (Å²) >= 11 is 7.31. The largest absolute Gasteiger partial charge is 0.387 e. The summed E-state index contributed by atoms with van der Waals surface area (Å²) < 4.78 is 0.581. The van der Waals surface area contributed by atoms with Crippen molar-refractivity contribution >= 4 is 22.9 Å². The van der Waals surface area contributed by atoms with Crippen molar-refractivity contribution in [2.45, 2.75) is 37.4 Å². The Morgan fingerprint density at radius 3 is 2.57 bits per heavy atom. The highest BCUT2D eigenvalue weighted by atomic mass is 35.5. The summed E-state index contributed by atoms with van der Waals surface area (Å²) in [5, 5.41) is 22.0. The summed E-state index contributed by atoms with van der Waals surface area (Å²) in [6.07, 6.45) is 2.47. The minimum absolute atomic E-state index is 0.581. The minimum Gasteiger partial charge on any atom is -0.387 e. The standard InChI is InChI=1S/C10H13ClO2S/c11-9-7(3-6-14-9)8(12)10(13)4-1-2-5-10/h3,6,8,12-13H,1-2,4-5H2. The molecule has 2 nitrogen and oxygen atoms in total. The number of aliphatic hydroxyl groups excluding tert-OH is 1. The van der Waals surface area contributed by atoms with Crippen molar-refractivity contribution in [2.75, 3.05) is 0 Å². The van der Waals surface area contributed by atoms with Crippen LogP contribution in [0.4, 0.5) is 0 Å². The first-order chi connectivity index (χ1) is 6.63. The molecule has 2 rings (SSSR count). The molecular weight excluding hydrogens is 220 g/mol. The molecule has 1 heterocycles. The van der Waals surface area contributed by atoms with Gasteiger partial charge in [-0.2, -0.15) is 0 Å². The molecule has 1 unspecified atom stereocenters. The van der Waals surface area contributed by atoms with Crippen LogP contribution in [-0.4, -0.2) is 15.8 Å². The van der Waals surface area contributed by atoms with Gasteiger partial charge in [-0.1, -0.05) is 24.4 Å². The zero-order valence-corrected chi connectivity index (χ0v) is 9.31. The zero-order chi connectivity index (χ0) is 10.2. The number of thiophene rings is 1. The summed E-state index contributed by atoms with van der Waals surface area (Å²) in [6, 6.07) is 1.79. The second-order valence-electron chi connectivity index (χ2n) is 3.86. The van der Waals surface area contributed by atoms with E-state index in [1.807, 2.05) is 5.38 Å². The van der Waals surface area contributed by atoms with Gasteiger partial charge in [-0.25, -0.2) is 0 Å².